The van der Waals surface area contributed by atoms with E-state index in [2.05, 4.69) is 26.8 Å². The Kier molecular flexibility index (Phi) is 21.6. The molecule has 0 saturated heterocycles. The number of hydrogen-bond donors (Lipinski definition) is 0. The Morgan fingerprint density at radius 1 is 0.922 bits per heavy atom. The van der Waals surface area contributed by atoms with Crippen LogP contribution in [0.15, 0.2) is 49.5 Å². The summed E-state index contributed by atoms with van der Waals surface area (Å²) in [6.07, 6.45) is 25.7. The summed E-state index contributed by atoms with van der Waals surface area (Å²) in [6.45, 7) is 4.71. The summed E-state index contributed by atoms with van der Waals surface area (Å²) in [6, 6.07) is 3.33. The van der Waals surface area contributed by atoms with Crippen molar-refractivity contribution in [1.82, 2.24) is 10.3 Å². The molecule has 51 heavy (non-hydrogen) atoms. The van der Waals surface area contributed by atoms with Crippen molar-refractivity contribution >= 4 is 23.4 Å². The number of unbranched alkanes of at least 4 members (excludes halogenated alkanes) is 15. The number of isocyanates is 1. The third kappa shape index (κ3) is 17.5. The molecule has 3 aromatic heterocycles. The van der Waals surface area contributed by atoms with Crippen LogP contribution in [0, 0.1) is 0 Å². The number of rotatable bonds is 32. The summed E-state index contributed by atoms with van der Waals surface area (Å²) in [7, 11) is 0. The van der Waals surface area contributed by atoms with Gasteiger partial charge in [-0.15, -0.1) is 0 Å². The van der Waals surface area contributed by atoms with Gasteiger partial charge in [-0.3, -0.25) is 0 Å². The summed E-state index contributed by atoms with van der Waals surface area (Å²) in [4.78, 5) is 28.5. The summed E-state index contributed by atoms with van der Waals surface area (Å²) in [5, 5.41) is 9.90. The van der Waals surface area contributed by atoms with E-state index in [-0.39, 0.29) is 32.1 Å². The number of aromatic nitrogens is 3. The van der Waals surface area contributed by atoms with Crippen LogP contribution in [0.2, 0.25) is 0 Å². The smallest absolute Gasteiger partial charge is 0.362 e. The molecule has 2 atom stereocenters. The van der Waals surface area contributed by atoms with Gasteiger partial charge >= 0.3 is 5.97 Å². The molecule has 3 rings (SSSR count). The minimum atomic E-state index is -1.87. The quantitative estimate of drug-likeness (QED) is 0.0201. The highest BCUT2D eigenvalue weighted by atomic mass is 32.1. The van der Waals surface area contributed by atoms with Crippen molar-refractivity contribution in [2.24, 2.45) is 4.99 Å². The van der Waals surface area contributed by atoms with Crippen molar-refractivity contribution in [2.75, 3.05) is 19.8 Å². The zero-order valence-electron chi connectivity index (χ0n) is 30.8. The molecule has 0 aliphatic heterocycles. The van der Waals surface area contributed by atoms with E-state index in [9.17, 15) is 9.59 Å². The monoisotopic (exact) mass is 731 g/mol. The molecule has 0 radical (unpaired) electrons. The van der Waals surface area contributed by atoms with Crippen LogP contribution in [-0.2, 0) is 32.0 Å². The highest BCUT2D eigenvalue weighted by molar-refractivity contribution is 7.07. The maximum atomic E-state index is 13.1. The maximum Gasteiger partial charge on any atom is 0.362 e. The topological polar surface area (TPSA) is 139 Å². The van der Waals surface area contributed by atoms with Crippen LogP contribution in [0.3, 0.4) is 0 Å². The lowest BCUT2D eigenvalue weighted by Crippen LogP contribution is -2.45. The fourth-order valence-electron chi connectivity index (χ4n) is 5.84. The summed E-state index contributed by atoms with van der Waals surface area (Å²) in [5.41, 5.74) is 0.175. The molecule has 284 valence electrons. The largest absolute Gasteiger partial charge is 0.471 e. The van der Waals surface area contributed by atoms with E-state index in [1.54, 1.807) is 30.4 Å². The van der Waals surface area contributed by atoms with E-state index < -0.39 is 17.8 Å². The molecule has 0 aromatic carbocycles. The standard InChI is InChI=1S/C38H59N4O8S/c1-3-5-6-7-8-9-10-11-12-13-14-15-16-18-21-33-28-36(41-50-33)46-29-34(49-35-22-26-48-40-35)30-47-38(39-31-43,37(44)45-4-2)23-19-17-20-24-42-25-27-51-32-42/h22,25-28,32,34H,3-21,23-24,29-30H2,1-2H3/q+1. The van der Waals surface area contributed by atoms with E-state index in [1.165, 1.54) is 89.4 Å². The first-order valence-electron chi connectivity index (χ1n) is 19.1. The Labute approximate surface area is 307 Å². The van der Waals surface area contributed by atoms with Gasteiger partial charge in [-0.1, -0.05) is 102 Å². The summed E-state index contributed by atoms with van der Waals surface area (Å²) >= 11 is 1.63. The number of hydrogen-bond acceptors (Lipinski definition) is 12. The number of carbonyl (C=O) groups excluding carboxylic acids is 2. The first kappa shape index (κ1) is 41.9. The SMILES string of the molecule is CCCCCCCCCCCCCCCCc1cc(OCC(COC(CCCCC[n+]2ccsc2)(N=C=O)C(=O)OCC)Oc2ccon2)no1. The van der Waals surface area contributed by atoms with Gasteiger partial charge in [-0.05, 0) is 36.5 Å². The van der Waals surface area contributed by atoms with E-state index in [0.717, 1.165) is 44.4 Å². The number of thiazole rings is 1. The number of aryl methyl sites for hydroxylation is 2. The van der Waals surface area contributed by atoms with Crippen molar-refractivity contribution in [3.05, 3.63) is 41.2 Å². The number of ether oxygens (including phenoxy) is 4. The van der Waals surface area contributed by atoms with Gasteiger partial charge in [0.25, 0.3) is 17.5 Å². The van der Waals surface area contributed by atoms with Gasteiger partial charge in [0.1, 0.15) is 25.2 Å². The maximum absolute atomic E-state index is 13.1. The fourth-order valence-corrected chi connectivity index (χ4v) is 6.47. The number of nitrogens with zero attached hydrogens (tertiary/aromatic N) is 4. The number of aliphatic imine (C=N–C) groups is 1. The first-order valence-corrected chi connectivity index (χ1v) is 20.0. The predicted molar refractivity (Wildman–Crippen MR) is 193 cm³/mol. The van der Waals surface area contributed by atoms with Crippen LogP contribution in [-0.4, -0.2) is 54.0 Å². The molecule has 0 bridgehead atoms. The summed E-state index contributed by atoms with van der Waals surface area (Å²) in [5.74, 6) is 0.520. The van der Waals surface area contributed by atoms with E-state index >= 15 is 0 Å². The van der Waals surface area contributed by atoms with Crippen molar-refractivity contribution in [2.45, 2.75) is 154 Å². The Morgan fingerprint density at radius 2 is 1.63 bits per heavy atom. The lowest BCUT2D eigenvalue weighted by molar-refractivity contribution is -0.692. The number of carbonyl (C=O) groups is 1. The zero-order chi connectivity index (χ0) is 36.2. The predicted octanol–water partition coefficient (Wildman–Crippen LogP) is 8.73. The van der Waals surface area contributed by atoms with Crippen LogP contribution < -0.4 is 14.0 Å². The van der Waals surface area contributed by atoms with Gasteiger partial charge in [0.2, 0.25) is 11.6 Å². The molecule has 0 fully saturated rings. The molecule has 13 heteroatoms. The lowest BCUT2D eigenvalue weighted by Gasteiger charge is -2.28. The molecular formula is C38H59N4O8S+. The van der Waals surface area contributed by atoms with Crippen molar-refractivity contribution in [1.29, 1.82) is 0 Å². The molecule has 2 unspecified atom stereocenters. The summed E-state index contributed by atoms with van der Waals surface area (Å²) < 4.78 is 35.7. The zero-order valence-corrected chi connectivity index (χ0v) is 31.6. The fraction of sp³-hybridized carbons (Fsp3) is 0.711. The Bertz CT molecular complexity index is 1330. The van der Waals surface area contributed by atoms with Gasteiger partial charge in [0, 0.05) is 31.4 Å². The van der Waals surface area contributed by atoms with E-state index in [0.29, 0.717) is 12.3 Å². The average molecular weight is 732 g/mol. The third-order valence-corrected chi connectivity index (χ3v) is 9.39. The van der Waals surface area contributed by atoms with Gasteiger partial charge in [0.05, 0.1) is 18.6 Å². The van der Waals surface area contributed by atoms with Crippen molar-refractivity contribution in [3.63, 3.8) is 0 Å². The molecule has 0 aliphatic carbocycles. The molecule has 0 N–H and O–H groups in total. The van der Waals surface area contributed by atoms with Gasteiger partial charge in [-0.2, -0.15) is 9.56 Å². The molecule has 0 spiro atoms. The number of esters is 1. The van der Waals surface area contributed by atoms with Crippen LogP contribution in [0.5, 0.6) is 11.8 Å². The van der Waals surface area contributed by atoms with Crippen LogP contribution in [0.4, 0.5) is 0 Å². The van der Waals surface area contributed by atoms with E-state index in [1.807, 2.05) is 17.1 Å². The minimum Gasteiger partial charge on any atom is -0.471 e. The first-order chi connectivity index (χ1) is 25.1. The second-order valence-electron chi connectivity index (χ2n) is 13.0. The molecule has 0 aliphatic rings. The van der Waals surface area contributed by atoms with Crippen molar-refractivity contribution in [3.8, 4) is 11.8 Å². The molecule has 12 nitrogen and oxygen atoms in total. The average Bonchev–Trinajstić information content (AvgIpc) is 3.94. The Morgan fingerprint density at radius 3 is 2.25 bits per heavy atom. The molecular weight excluding hydrogens is 673 g/mol. The van der Waals surface area contributed by atoms with Gasteiger partial charge in [0.15, 0.2) is 12.3 Å². The molecule has 0 amide bonds. The minimum absolute atomic E-state index is 0.0146. The second-order valence-corrected chi connectivity index (χ2v) is 13.7. The molecule has 0 saturated carbocycles. The normalized spacial score (nSPS) is 13.0. The van der Waals surface area contributed by atoms with Crippen molar-refractivity contribution < 1.29 is 42.1 Å². The third-order valence-electron chi connectivity index (χ3n) is 8.72. The van der Waals surface area contributed by atoms with Crippen LogP contribution in [0.25, 0.3) is 0 Å². The van der Waals surface area contributed by atoms with Gasteiger partial charge in [-0.25, -0.2) is 9.59 Å². The van der Waals surface area contributed by atoms with Gasteiger partial charge < -0.3 is 28.0 Å². The highest BCUT2D eigenvalue weighted by Crippen LogP contribution is 2.25. The Hall–Kier alpha value is -3.54. The van der Waals surface area contributed by atoms with E-state index in [4.69, 9.17) is 28.0 Å². The molecule has 3 heterocycles. The Balaban J connectivity index is 1.42. The second kappa shape index (κ2) is 26.3. The highest BCUT2D eigenvalue weighted by Gasteiger charge is 2.42. The van der Waals surface area contributed by atoms with Crippen LogP contribution >= 0.6 is 11.3 Å². The van der Waals surface area contributed by atoms with Crippen LogP contribution in [0.1, 0.15) is 135 Å². The molecule has 3 aromatic rings. The lowest BCUT2D eigenvalue weighted by atomic mass is 10.0.